The van der Waals surface area contributed by atoms with Gasteiger partial charge in [-0.25, -0.2) is 9.18 Å². The van der Waals surface area contributed by atoms with Crippen LogP contribution in [0.3, 0.4) is 0 Å². The molecule has 0 bridgehead atoms. The van der Waals surface area contributed by atoms with Gasteiger partial charge in [-0.05, 0) is 28.3 Å². The monoisotopic (exact) mass is 373 g/mol. The van der Waals surface area contributed by atoms with Gasteiger partial charge in [-0.15, -0.1) is 0 Å². The molecule has 0 atom stereocenters. The Balaban J connectivity index is 1.35. The Morgan fingerprint density at radius 1 is 0.929 bits per heavy atom. The molecule has 1 aliphatic carbocycles. The van der Waals surface area contributed by atoms with Crippen LogP contribution in [0.4, 0.5) is 9.18 Å². The minimum absolute atomic E-state index is 0.0344. The van der Waals surface area contributed by atoms with Gasteiger partial charge in [0.25, 0.3) is 0 Å². The van der Waals surface area contributed by atoms with Crippen molar-refractivity contribution in [1.82, 2.24) is 5.32 Å². The van der Waals surface area contributed by atoms with Crippen molar-refractivity contribution in [3.63, 3.8) is 0 Å². The number of benzene rings is 3. The van der Waals surface area contributed by atoms with Crippen molar-refractivity contribution in [1.29, 1.82) is 0 Å². The van der Waals surface area contributed by atoms with Crippen LogP contribution in [0, 0.1) is 5.82 Å². The Hall–Kier alpha value is -3.40. The van der Waals surface area contributed by atoms with Gasteiger partial charge >= 0.3 is 6.09 Å². The highest BCUT2D eigenvalue weighted by atomic mass is 19.1. The summed E-state index contributed by atoms with van der Waals surface area (Å²) in [5, 5.41) is 2.67. The Morgan fingerprint density at radius 3 is 2.21 bits per heavy atom. The summed E-state index contributed by atoms with van der Waals surface area (Å²) in [4.78, 5) is 12.1. The molecule has 1 aliphatic rings. The maximum atomic E-state index is 13.5. The van der Waals surface area contributed by atoms with E-state index in [0.717, 1.165) is 0 Å². The molecule has 0 aromatic heterocycles. The highest BCUT2D eigenvalue weighted by Gasteiger charge is 2.28. The summed E-state index contributed by atoms with van der Waals surface area (Å²) in [6.07, 6.45) is 2.85. The molecule has 0 radical (unpaired) electrons. The van der Waals surface area contributed by atoms with Crippen molar-refractivity contribution in [2.75, 3.05) is 13.2 Å². The number of hydrogen-bond donors (Lipinski definition) is 1. The Bertz CT molecular complexity index is 983. The van der Waals surface area contributed by atoms with Gasteiger partial charge in [0.15, 0.2) is 0 Å². The molecule has 0 spiro atoms. The third kappa shape index (κ3) is 3.67. The van der Waals surface area contributed by atoms with Gasteiger partial charge in [0.2, 0.25) is 0 Å². The normalized spacial score (nSPS) is 12.6. The molecular formula is C24H20FNO2. The molecule has 0 heterocycles. The Kier molecular flexibility index (Phi) is 5.20. The van der Waals surface area contributed by atoms with Gasteiger partial charge in [0.1, 0.15) is 12.4 Å². The fourth-order valence-corrected chi connectivity index (χ4v) is 3.59. The summed E-state index contributed by atoms with van der Waals surface area (Å²) in [7, 11) is 0. The van der Waals surface area contributed by atoms with Gasteiger partial charge in [-0.2, -0.15) is 0 Å². The molecule has 3 nitrogen and oxygen atoms in total. The second-order valence-electron chi connectivity index (χ2n) is 6.63. The molecule has 4 rings (SSSR count). The lowest BCUT2D eigenvalue weighted by Crippen LogP contribution is -2.26. The number of alkyl carbamates (subject to hydrolysis) is 1. The maximum absolute atomic E-state index is 13.5. The van der Waals surface area contributed by atoms with E-state index in [-0.39, 0.29) is 24.9 Å². The average molecular weight is 373 g/mol. The van der Waals surface area contributed by atoms with E-state index in [2.05, 4.69) is 29.6 Å². The molecule has 28 heavy (non-hydrogen) atoms. The molecule has 3 aromatic rings. The minimum atomic E-state index is -0.486. The van der Waals surface area contributed by atoms with Crippen molar-refractivity contribution in [3.8, 4) is 11.1 Å². The van der Waals surface area contributed by atoms with Crippen molar-refractivity contribution in [3.05, 3.63) is 101 Å². The minimum Gasteiger partial charge on any atom is -0.449 e. The first kappa shape index (κ1) is 18.0. The third-order valence-electron chi connectivity index (χ3n) is 4.91. The Labute approximate surface area is 163 Å². The first-order valence-electron chi connectivity index (χ1n) is 9.24. The van der Waals surface area contributed by atoms with Crippen molar-refractivity contribution in [2.24, 2.45) is 0 Å². The molecule has 0 aliphatic heterocycles. The predicted octanol–water partition coefficient (Wildman–Crippen LogP) is 5.38. The number of carbonyl (C=O) groups excluding carboxylic acids is 1. The van der Waals surface area contributed by atoms with E-state index in [0.29, 0.717) is 5.56 Å². The van der Waals surface area contributed by atoms with Crippen LogP contribution >= 0.6 is 0 Å². The van der Waals surface area contributed by atoms with Crippen LogP contribution in [0.15, 0.2) is 78.9 Å². The van der Waals surface area contributed by atoms with E-state index in [4.69, 9.17) is 4.74 Å². The summed E-state index contributed by atoms with van der Waals surface area (Å²) >= 11 is 0. The zero-order valence-electron chi connectivity index (χ0n) is 15.3. The molecule has 0 saturated carbocycles. The summed E-state index contributed by atoms with van der Waals surface area (Å²) in [5.41, 5.74) is 5.23. The number of ether oxygens (including phenoxy) is 1. The van der Waals surface area contributed by atoms with Crippen molar-refractivity contribution >= 4 is 12.2 Å². The number of halogens is 1. The van der Waals surface area contributed by atoms with Crippen LogP contribution in [0.2, 0.25) is 0 Å². The van der Waals surface area contributed by atoms with E-state index in [1.807, 2.05) is 24.3 Å². The van der Waals surface area contributed by atoms with E-state index >= 15 is 0 Å². The SMILES string of the molecule is O=C(NCC=Cc1ccccc1F)OCC1c2ccccc2-c2ccccc21. The fraction of sp³-hybridized carbons (Fsp3) is 0.125. The molecule has 3 aromatic carbocycles. The molecule has 0 unspecified atom stereocenters. The lowest BCUT2D eigenvalue weighted by Gasteiger charge is -2.14. The van der Waals surface area contributed by atoms with Gasteiger partial charge in [0, 0.05) is 18.0 Å². The number of nitrogens with one attached hydrogen (secondary N) is 1. The van der Waals surface area contributed by atoms with Crippen LogP contribution in [-0.2, 0) is 4.74 Å². The summed E-state index contributed by atoms with van der Waals surface area (Å²) in [6, 6.07) is 22.9. The molecule has 1 N–H and O–H groups in total. The standard InChI is InChI=1S/C24H20FNO2/c25-23-14-6-1-8-17(23)9-7-15-26-24(27)28-16-22-20-12-4-2-10-18(20)19-11-3-5-13-21(19)22/h1-14,22H,15-16H2,(H,26,27). The molecule has 1 amide bonds. The van der Waals surface area contributed by atoms with Crippen LogP contribution in [0.25, 0.3) is 17.2 Å². The van der Waals surface area contributed by atoms with Gasteiger partial charge in [-0.3, -0.25) is 0 Å². The number of fused-ring (bicyclic) bond motifs is 3. The Morgan fingerprint density at radius 2 is 1.54 bits per heavy atom. The molecule has 4 heteroatoms. The second kappa shape index (κ2) is 8.09. The second-order valence-corrected chi connectivity index (χ2v) is 6.63. The zero-order chi connectivity index (χ0) is 19.3. The molecule has 140 valence electrons. The predicted molar refractivity (Wildman–Crippen MR) is 109 cm³/mol. The maximum Gasteiger partial charge on any atom is 0.407 e. The van der Waals surface area contributed by atoms with Crippen molar-refractivity contribution in [2.45, 2.75) is 5.92 Å². The highest BCUT2D eigenvalue weighted by molar-refractivity contribution is 5.79. The summed E-state index contributed by atoms with van der Waals surface area (Å²) in [5.74, 6) is -0.257. The molecule has 0 saturated heterocycles. The topological polar surface area (TPSA) is 38.3 Å². The highest BCUT2D eigenvalue weighted by Crippen LogP contribution is 2.44. The largest absolute Gasteiger partial charge is 0.449 e. The zero-order valence-corrected chi connectivity index (χ0v) is 15.3. The first-order valence-corrected chi connectivity index (χ1v) is 9.24. The average Bonchev–Trinajstić information content (AvgIpc) is 3.05. The summed E-state index contributed by atoms with van der Waals surface area (Å²) < 4.78 is 19.0. The first-order chi connectivity index (χ1) is 13.7. The van der Waals surface area contributed by atoms with Gasteiger partial charge in [-0.1, -0.05) is 78.9 Å². The molecule has 0 fully saturated rings. The number of carbonyl (C=O) groups is 1. The smallest absolute Gasteiger partial charge is 0.407 e. The fourth-order valence-electron chi connectivity index (χ4n) is 3.59. The van der Waals surface area contributed by atoms with E-state index in [1.54, 1.807) is 30.4 Å². The van der Waals surface area contributed by atoms with Crippen LogP contribution in [-0.4, -0.2) is 19.2 Å². The quantitative estimate of drug-likeness (QED) is 0.652. The number of amides is 1. The van der Waals surface area contributed by atoms with Crippen LogP contribution in [0.5, 0.6) is 0 Å². The van der Waals surface area contributed by atoms with Crippen LogP contribution < -0.4 is 5.32 Å². The van der Waals surface area contributed by atoms with Gasteiger partial charge < -0.3 is 10.1 Å². The van der Waals surface area contributed by atoms with E-state index in [1.165, 1.54) is 28.3 Å². The molecular weight excluding hydrogens is 353 g/mol. The lowest BCUT2D eigenvalue weighted by molar-refractivity contribution is 0.144. The summed E-state index contributed by atoms with van der Waals surface area (Å²) in [6.45, 7) is 0.544. The van der Waals surface area contributed by atoms with E-state index in [9.17, 15) is 9.18 Å². The third-order valence-corrected chi connectivity index (χ3v) is 4.91. The number of hydrogen-bond acceptors (Lipinski definition) is 2. The van der Waals surface area contributed by atoms with E-state index < -0.39 is 6.09 Å². The van der Waals surface area contributed by atoms with Crippen molar-refractivity contribution < 1.29 is 13.9 Å². The van der Waals surface area contributed by atoms with Gasteiger partial charge in [0.05, 0.1) is 0 Å². The lowest BCUT2D eigenvalue weighted by atomic mass is 9.98. The number of rotatable bonds is 5. The van der Waals surface area contributed by atoms with Crippen LogP contribution in [0.1, 0.15) is 22.6 Å².